The van der Waals surface area contributed by atoms with Crippen LogP contribution in [0.3, 0.4) is 0 Å². The molecule has 0 bridgehead atoms. The van der Waals surface area contributed by atoms with Crippen molar-refractivity contribution in [3.63, 3.8) is 0 Å². The highest BCUT2D eigenvalue weighted by Crippen LogP contribution is 2.33. The second kappa shape index (κ2) is 7.46. The topological polar surface area (TPSA) is 54.5 Å². The monoisotopic (exact) mass is 342 g/mol. The smallest absolute Gasteiger partial charge is 0.119 e. The fourth-order valence-corrected chi connectivity index (χ4v) is 2.46. The SMILES string of the molecule is CC(C)(c1ccc(O)cc1)c1ccc(OCC2CO2)cc1.CC1CO1. The summed E-state index contributed by atoms with van der Waals surface area (Å²) in [5.74, 6) is 1.16. The molecule has 2 heterocycles. The summed E-state index contributed by atoms with van der Waals surface area (Å²) in [5, 5.41) is 9.41. The van der Waals surface area contributed by atoms with Crippen LogP contribution in [0.5, 0.6) is 11.5 Å². The molecule has 2 aromatic carbocycles. The first-order valence-electron chi connectivity index (χ1n) is 8.71. The highest BCUT2D eigenvalue weighted by Gasteiger charge is 2.24. The van der Waals surface area contributed by atoms with Crippen LogP contribution in [0.2, 0.25) is 0 Å². The molecule has 2 aliphatic heterocycles. The Kier molecular flexibility index (Phi) is 5.30. The Labute approximate surface area is 149 Å². The minimum atomic E-state index is -0.119. The van der Waals surface area contributed by atoms with Gasteiger partial charge in [-0.2, -0.15) is 0 Å². The van der Waals surface area contributed by atoms with Gasteiger partial charge in [-0.15, -0.1) is 0 Å². The number of phenolic OH excluding ortho intramolecular Hbond substituents is 1. The van der Waals surface area contributed by atoms with Gasteiger partial charge in [-0.25, -0.2) is 0 Å². The number of hydrogen-bond donors (Lipinski definition) is 1. The molecule has 0 radical (unpaired) electrons. The van der Waals surface area contributed by atoms with Gasteiger partial charge in [0.15, 0.2) is 0 Å². The fourth-order valence-electron chi connectivity index (χ4n) is 2.46. The fraction of sp³-hybridized carbons (Fsp3) is 0.429. The first kappa shape index (κ1) is 17.8. The predicted molar refractivity (Wildman–Crippen MR) is 97.3 cm³/mol. The molecule has 134 valence electrons. The van der Waals surface area contributed by atoms with Crippen LogP contribution in [0.1, 0.15) is 31.9 Å². The molecule has 1 N–H and O–H groups in total. The maximum Gasteiger partial charge on any atom is 0.119 e. The molecule has 2 aliphatic rings. The third-order valence-electron chi connectivity index (χ3n) is 4.50. The van der Waals surface area contributed by atoms with E-state index in [1.54, 1.807) is 12.1 Å². The first-order valence-corrected chi connectivity index (χ1v) is 8.71. The van der Waals surface area contributed by atoms with Crippen molar-refractivity contribution < 1.29 is 19.3 Å². The van der Waals surface area contributed by atoms with Crippen LogP contribution in [0.15, 0.2) is 48.5 Å². The second-order valence-corrected chi connectivity index (χ2v) is 7.11. The summed E-state index contributed by atoms with van der Waals surface area (Å²) >= 11 is 0. The van der Waals surface area contributed by atoms with Crippen LogP contribution >= 0.6 is 0 Å². The molecule has 25 heavy (non-hydrogen) atoms. The molecule has 0 aliphatic carbocycles. The lowest BCUT2D eigenvalue weighted by Gasteiger charge is -2.26. The zero-order chi connectivity index (χ0) is 17.9. The Hall–Kier alpha value is -2.04. The van der Waals surface area contributed by atoms with Crippen molar-refractivity contribution in [2.24, 2.45) is 0 Å². The van der Waals surface area contributed by atoms with E-state index in [4.69, 9.17) is 14.2 Å². The van der Waals surface area contributed by atoms with Gasteiger partial charge >= 0.3 is 0 Å². The minimum absolute atomic E-state index is 0.119. The molecule has 4 heteroatoms. The van der Waals surface area contributed by atoms with Gasteiger partial charge in [-0.3, -0.25) is 0 Å². The average Bonchev–Trinajstić information content (AvgIpc) is 3.52. The quantitative estimate of drug-likeness (QED) is 0.837. The van der Waals surface area contributed by atoms with Crippen molar-refractivity contribution in [2.45, 2.75) is 38.4 Å². The molecule has 4 rings (SSSR count). The molecule has 0 spiro atoms. The summed E-state index contributed by atoms with van der Waals surface area (Å²) in [5.41, 5.74) is 2.26. The maximum absolute atomic E-state index is 9.41. The Bertz CT molecular complexity index is 668. The van der Waals surface area contributed by atoms with E-state index in [-0.39, 0.29) is 11.5 Å². The van der Waals surface area contributed by atoms with E-state index in [0.717, 1.165) is 19.0 Å². The number of benzene rings is 2. The summed E-state index contributed by atoms with van der Waals surface area (Å²) in [4.78, 5) is 0. The van der Waals surface area contributed by atoms with Gasteiger partial charge in [0.25, 0.3) is 0 Å². The lowest BCUT2D eigenvalue weighted by Crippen LogP contribution is -2.18. The second-order valence-electron chi connectivity index (χ2n) is 7.11. The van der Waals surface area contributed by atoms with Gasteiger partial charge in [0.05, 0.1) is 19.3 Å². The number of rotatable bonds is 5. The summed E-state index contributed by atoms with van der Waals surface area (Å²) in [6, 6.07) is 15.6. The van der Waals surface area contributed by atoms with Crippen LogP contribution in [-0.2, 0) is 14.9 Å². The Morgan fingerprint density at radius 2 is 1.44 bits per heavy atom. The van der Waals surface area contributed by atoms with Crippen molar-refractivity contribution in [3.05, 3.63) is 59.7 Å². The van der Waals surface area contributed by atoms with E-state index in [0.29, 0.717) is 18.5 Å². The Balaban J connectivity index is 0.000000401. The van der Waals surface area contributed by atoms with Crippen molar-refractivity contribution in [3.8, 4) is 11.5 Å². The minimum Gasteiger partial charge on any atom is -0.508 e. The van der Waals surface area contributed by atoms with Crippen molar-refractivity contribution in [2.75, 3.05) is 19.8 Å². The summed E-state index contributed by atoms with van der Waals surface area (Å²) in [6.07, 6.45) is 0.859. The molecule has 0 saturated carbocycles. The maximum atomic E-state index is 9.41. The van der Waals surface area contributed by atoms with E-state index in [2.05, 4.69) is 32.9 Å². The van der Waals surface area contributed by atoms with Crippen LogP contribution in [0, 0.1) is 0 Å². The van der Waals surface area contributed by atoms with Crippen molar-refractivity contribution >= 4 is 0 Å². The van der Waals surface area contributed by atoms with Crippen LogP contribution in [0.25, 0.3) is 0 Å². The highest BCUT2D eigenvalue weighted by atomic mass is 16.6. The van der Waals surface area contributed by atoms with E-state index in [1.165, 1.54) is 11.1 Å². The van der Waals surface area contributed by atoms with Crippen LogP contribution < -0.4 is 4.74 Å². The van der Waals surface area contributed by atoms with Crippen molar-refractivity contribution in [1.29, 1.82) is 0 Å². The van der Waals surface area contributed by atoms with Gasteiger partial charge in [0, 0.05) is 5.41 Å². The molecule has 2 fully saturated rings. The van der Waals surface area contributed by atoms with E-state index in [9.17, 15) is 5.11 Å². The molecule has 4 nitrogen and oxygen atoms in total. The Morgan fingerprint density at radius 1 is 0.960 bits per heavy atom. The summed E-state index contributed by atoms with van der Waals surface area (Å²) in [7, 11) is 0. The predicted octanol–water partition coefficient (Wildman–Crippen LogP) is 3.90. The molecular formula is C21H26O4. The number of epoxide rings is 2. The third-order valence-corrected chi connectivity index (χ3v) is 4.50. The van der Waals surface area contributed by atoms with Crippen molar-refractivity contribution in [1.82, 2.24) is 0 Å². The largest absolute Gasteiger partial charge is 0.508 e. The summed E-state index contributed by atoms with van der Waals surface area (Å²) in [6.45, 7) is 8.83. The van der Waals surface area contributed by atoms with Gasteiger partial charge < -0.3 is 19.3 Å². The van der Waals surface area contributed by atoms with E-state index < -0.39 is 0 Å². The molecule has 0 amide bonds. The first-order chi connectivity index (χ1) is 11.9. The third kappa shape index (κ3) is 5.21. The van der Waals surface area contributed by atoms with E-state index in [1.807, 2.05) is 24.3 Å². The molecule has 0 aromatic heterocycles. The summed E-state index contributed by atoms with van der Waals surface area (Å²) < 4.78 is 15.5. The Morgan fingerprint density at radius 3 is 1.88 bits per heavy atom. The zero-order valence-electron chi connectivity index (χ0n) is 15.1. The molecular weight excluding hydrogens is 316 g/mol. The van der Waals surface area contributed by atoms with E-state index >= 15 is 0 Å². The molecule has 2 aromatic rings. The van der Waals surface area contributed by atoms with Gasteiger partial charge in [0.1, 0.15) is 24.2 Å². The number of hydrogen-bond acceptors (Lipinski definition) is 4. The lowest BCUT2D eigenvalue weighted by atomic mass is 9.78. The number of phenols is 1. The van der Waals surface area contributed by atoms with Crippen LogP contribution in [0.4, 0.5) is 0 Å². The number of aromatic hydroxyl groups is 1. The molecule has 2 unspecified atom stereocenters. The van der Waals surface area contributed by atoms with Gasteiger partial charge in [0.2, 0.25) is 0 Å². The van der Waals surface area contributed by atoms with Gasteiger partial charge in [-0.05, 0) is 42.3 Å². The zero-order valence-corrected chi connectivity index (χ0v) is 15.1. The standard InChI is InChI=1S/C18H20O3.C3H6O/c1-18(2,13-3-7-15(19)8-4-13)14-5-9-16(10-6-14)20-11-17-12-21-17;1-3-2-4-3/h3-10,17,19H,11-12H2,1-2H3;3H,2H2,1H3. The van der Waals surface area contributed by atoms with Gasteiger partial charge in [-0.1, -0.05) is 38.1 Å². The lowest BCUT2D eigenvalue weighted by molar-refractivity contribution is 0.263. The molecule has 2 saturated heterocycles. The number of ether oxygens (including phenoxy) is 3. The van der Waals surface area contributed by atoms with Crippen LogP contribution in [-0.4, -0.2) is 37.1 Å². The highest BCUT2D eigenvalue weighted by molar-refractivity contribution is 5.41. The molecule has 2 atom stereocenters. The average molecular weight is 342 g/mol. The normalized spacial score (nSPS) is 21.1.